The Bertz CT molecular complexity index is 689. The van der Waals surface area contributed by atoms with Crippen molar-refractivity contribution < 1.29 is 14.1 Å². The van der Waals surface area contributed by atoms with Crippen molar-refractivity contribution in [3.05, 3.63) is 23.0 Å². The second kappa shape index (κ2) is 6.04. The highest BCUT2D eigenvalue weighted by Crippen LogP contribution is 2.24. The van der Waals surface area contributed by atoms with Gasteiger partial charge in [-0.2, -0.15) is 0 Å². The van der Waals surface area contributed by atoms with Crippen molar-refractivity contribution in [2.45, 2.75) is 39.7 Å². The molecule has 22 heavy (non-hydrogen) atoms. The zero-order chi connectivity index (χ0) is 15.7. The fourth-order valence-electron chi connectivity index (χ4n) is 2.95. The van der Waals surface area contributed by atoms with Crippen LogP contribution in [0, 0.1) is 13.8 Å². The van der Waals surface area contributed by atoms with E-state index in [1.807, 2.05) is 31.7 Å². The number of aryl methyl sites for hydroxylation is 2. The van der Waals surface area contributed by atoms with Crippen molar-refractivity contribution in [1.82, 2.24) is 15.0 Å². The number of aromatic nitrogens is 2. The van der Waals surface area contributed by atoms with Crippen LogP contribution in [0.25, 0.3) is 11.1 Å². The first-order valence-corrected chi connectivity index (χ1v) is 7.74. The predicted octanol–water partition coefficient (Wildman–Crippen LogP) is 2.48. The van der Waals surface area contributed by atoms with Crippen molar-refractivity contribution in [3.8, 4) is 0 Å². The minimum absolute atomic E-state index is 0.0141. The van der Waals surface area contributed by atoms with E-state index in [-0.39, 0.29) is 12.0 Å². The normalized spacial score (nSPS) is 18.0. The van der Waals surface area contributed by atoms with Crippen LogP contribution < -0.4 is 0 Å². The molecule has 1 aliphatic rings. The van der Waals surface area contributed by atoms with Crippen LogP contribution in [0.15, 0.2) is 10.6 Å². The van der Waals surface area contributed by atoms with Gasteiger partial charge in [0.05, 0.1) is 22.7 Å². The third-order valence-electron chi connectivity index (χ3n) is 4.09. The number of nitrogens with zero attached hydrogens (tertiary/aromatic N) is 3. The molecule has 6 heteroatoms. The number of hydrogen-bond acceptors (Lipinski definition) is 5. The molecule has 3 heterocycles. The lowest BCUT2D eigenvalue weighted by Crippen LogP contribution is -2.37. The number of carbonyl (C=O) groups excluding carboxylic acids is 1. The average molecular weight is 303 g/mol. The standard InChI is InChI=1S/C16H21N3O3/c1-4-19(9-12-6-5-7-21-12)16(20)13-8-10(2)17-15-14(13)11(3)18-22-15/h8,12H,4-7,9H2,1-3H3/t12-/m0/s1. The summed E-state index contributed by atoms with van der Waals surface area (Å²) in [7, 11) is 0. The van der Waals surface area contributed by atoms with Crippen LogP contribution in [0.1, 0.15) is 41.5 Å². The molecule has 1 aliphatic heterocycles. The van der Waals surface area contributed by atoms with Gasteiger partial charge >= 0.3 is 0 Å². The molecule has 3 rings (SSSR count). The Kier molecular flexibility index (Phi) is 4.11. The summed E-state index contributed by atoms with van der Waals surface area (Å²) in [6.07, 6.45) is 2.23. The second-order valence-corrected chi connectivity index (χ2v) is 5.74. The highest BCUT2D eigenvalue weighted by Gasteiger charge is 2.25. The number of rotatable bonds is 4. The summed E-state index contributed by atoms with van der Waals surface area (Å²) < 4.78 is 10.9. The lowest BCUT2D eigenvalue weighted by Gasteiger charge is -2.24. The van der Waals surface area contributed by atoms with E-state index in [0.717, 1.165) is 25.1 Å². The monoisotopic (exact) mass is 303 g/mol. The van der Waals surface area contributed by atoms with E-state index in [4.69, 9.17) is 9.26 Å². The third kappa shape index (κ3) is 2.70. The number of pyridine rings is 1. The molecular formula is C16H21N3O3. The number of carbonyl (C=O) groups is 1. The molecule has 0 aromatic carbocycles. The molecule has 2 aromatic heterocycles. The molecule has 0 N–H and O–H groups in total. The van der Waals surface area contributed by atoms with E-state index >= 15 is 0 Å². The summed E-state index contributed by atoms with van der Waals surface area (Å²) >= 11 is 0. The van der Waals surface area contributed by atoms with Crippen LogP contribution in [-0.2, 0) is 4.74 Å². The van der Waals surface area contributed by atoms with Crippen LogP contribution in [-0.4, -0.2) is 46.7 Å². The van der Waals surface area contributed by atoms with Crippen molar-refractivity contribution in [3.63, 3.8) is 0 Å². The van der Waals surface area contributed by atoms with Crippen LogP contribution in [0.3, 0.4) is 0 Å². The molecule has 6 nitrogen and oxygen atoms in total. The molecule has 0 unspecified atom stereocenters. The zero-order valence-corrected chi connectivity index (χ0v) is 13.3. The number of likely N-dealkylation sites (N-methyl/N-ethyl adjacent to an activating group) is 1. The van der Waals surface area contributed by atoms with E-state index in [0.29, 0.717) is 35.4 Å². The fourth-order valence-corrected chi connectivity index (χ4v) is 2.95. The largest absolute Gasteiger partial charge is 0.376 e. The van der Waals surface area contributed by atoms with E-state index in [9.17, 15) is 4.79 Å². The predicted molar refractivity (Wildman–Crippen MR) is 81.8 cm³/mol. The summed E-state index contributed by atoms with van der Waals surface area (Å²) in [5.41, 5.74) is 2.48. The summed E-state index contributed by atoms with van der Waals surface area (Å²) in [6.45, 7) is 7.73. The SMILES string of the molecule is CCN(C[C@@H]1CCCO1)C(=O)c1cc(C)nc2onc(C)c12. The van der Waals surface area contributed by atoms with Crippen LogP contribution >= 0.6 is 0 Å². The molecule has 0 aliphatic carbocycles. The Morgan fingerprint density at radius 1 is 1.45 bits per heavy atom. The van der Waals surface area contributed by atoms with Crippen LogP contribution in [0.5, 0.6) is 0 Å². The van der Waals surface area contributed by atoms with Gasteiger partial charge in [-0.3, -0.25) is 4.79 Å². The second-order valence-electron chi connectivity index (χ2n) is 5.74. The quantitative estimate of drug-likeness (QED) is 0.868. The first-order valence-electron chi connectivity index (χ1n) is 7.74. The molecule has 1 atom stereocenters. The lowest BCUT2D eigenvalue weighted by atomic mass is 10.1. The topological polar surface area (TPSA) is 68.5 Å². The minimum Gasteiger partial charge on any atom is -0.376 e. The maximum atomic E-state index is 13.0. The molecule has 2 aromatic rings. The van der Waals surface area contributed by atoms with Crippen LogP contribution in [0.4, 0.5) is 0 Å². The van der Waals surface area contributed by atoms with Crippen molar-refractivity contribution in [2.75, 3.05) is 19.7 Å². The summed E-state index contributed by atoms with van der Waals surface area (Å²) in [5.74, 6) is -0.0141. The molecule has 0 spiro atoms. The first-order chi connectivity index (χ1) is 10.6. The molecule has 0 bridgehead atoms. The van der Waals surface area contributed by atoms with E-state index in [1.54, 1.807) is 0 Å². The molecule has 1 saturated heterocycles. The zero-order valence-electron chi connectivity index (χ0n) is 13.3. The third-order valence-corrected chi connectivity index (χ3v) is 4.09. The number of amides is 1. The Morgan fingerprint density at radius 2 is 2.27 bits per heavy atom. The Labute approximate surface area is 129 Å². The van der Waals surface area contributed by atoms with Gasteiger partial charge in [-0.15, -0.1) is 0 Å². The van der Waals surface area contributed by atoms with Gasteiger partial charge in [-0.25, -0.2) is 4.98 Å². The number of ether oxygens (including phenoxy) is 1. The van der Waals surface area contributed by atoms with Crippen molar-refractivity contribution in [2.24, 2.45) is 0 Å². The number of hydrogen-bond donors (Lipinski definition) is 0. The van der Waals surface area contributed by atoms with Gasteiger partial charge in [-0.1, -0.05) is 5.16 Å². The molecular weight excluding hydrogens is 282 g/mol. The highest BCUT2D eigenvalue weighted by molar-refractivity contribution is 6.06. The number of fused-ring (bicyclic) bond motifs is 1. The summed E-state index contributed by atoms with van der Waals surface area (Å²) in [5, 5.41) is 4.65. The average Bonchev–Trinajstić information content (AvgIpc) is 3.13. The lowest BCUT2D eigenvalue weighted by molar-refractivity contribution is 0.0540. The van der Waals surface area contributed by atoms with Gasteiger partial charge in [-0.05, 0) is 39.7 Å². The Morgan fingerprint density at radius 3 is 2.95 bits per heavy atom. The summed E-state index contributed by atoms with van der Waals surface area (Å²) in [4.78, 5) is 19.1. The van der Waals surface area contributed by atoms with Gasteiger partial charge < -0.3 is 14.2 Å². The molecule has 1 fully saturated rings. The molecule has 118 valence electrons. The Balaban J connectivity index is 1.94. The summed E-state index contributed by atoms with van der Waals surface area (Å²) in [6, 6.07) is 1.81. The Hall–Kier alpha value is -1.95. The molecule has 0 saturated carbocycles. The van der Waals surface area contributed by atoms with E-state index < -0.39 is 0 Å². The van der Waals surface area contributed by atoms with Crippen molar-refractivity contribution in [1.29, 1.82) is 0 Å². The van der Waals surface area contributed by atoms with E-state index in [2.05, 4.69) is 10.1 Å². The maximum absolute atomic E-state index is 13.0. The van der Waals surface area contributed by atoms with Gasteiger partial charge in [0.25, 0.3) is 11.6 Å². The first kappa shape index (κ1) is 15.0. The molecule has 1 amide bonds. The van der Waals surface area contributed by atoms with Crippen molar-refractivity contribution >= 4 is 17.0 Å². The minimum atomic E-state index is -0.0141. The molecule has 0 radical (unpaired) electrons. The highest BCUT2D eigenvalue weighted by atomic mass is 16.5. The maximum Gasteiger partial charge on any atom is 0.258 e. The van der Waals surface area contributed by atoms with Gasteiger partial charge in [0, 0.05) is 25.4 Å². The van der Waals surface area contributed by atoms with Gasteiger partial charge in [0.2, 0.25) is 0 Å². The van der Waals surface area contributed by atoms with Gasteiger partial charge in [0.1, 0.15) is 0 Å². The fraction of sp³-hybridized carbons (Fsp3) is 0.562. The van der Waals surface area contributed by atoms with E-state index in [1.165, 1.54) is 0 Å². The van der Waals surface area contributed by atoms with Gasteiger partial charge in [0.15, 0.2) is 0 Å². The smallest absolute Gasteiger partial charge is 0.258 e. The van der Waals surface area contributed by atoms with Crippen LogP contribution in [0.2, 0.25) is 0 Å².